The molecule has 2 heterocycles. The zero-order valence-electron chi connectivity index (χ0n) is 14.5. The van der Waals surface area contributed by atoms with Crippen molar-refractivity contribution >= 4 is 16.7 Å². The van der Waals surface area contributed by atoms with Gasteiger partial charge in [0.05, 0.1) is 5.69 Å². The third-order valence-electron chi connectivity index (χ3n) is 4.01. The molecule has 0 aromatic carbocycles. The van der Waals surface area contributed by atoms with Crippen molar-refractivity contribution in [2.24, 2.45) is 14.1 Å². The first kappa shape index (κ1) is 17.2. The van der Waals surface area contributed by atoms with E-state index in [9.17, 15) is 9.59 Å². The first-order chi connectivity index (χ1) is 10.9. The Hall–Kier alpha value is -2.15. The molecule has 23 heavy (non-hydrogen) atoms. The molecule has 0 atom stereocenters. The van der Waals surface area contributed by atoms with Crippen LogP contribution >= 0.6 is 0 Å². The lowest BCUT2D eigenvalue weighted by Gasteiger charge is -2.16. The summed E-state index contributed by atoms with van der Waals surface area (Å²) in [5.74, 6) is 0. The molecule has 2 aromatic heterocycles. The Morgan fingerprint density at radius 1 is 1.22 bits per heavy atom. The standard InChI is InChI=1S/C16H25N5O2/c1-6-11-10-18-14-12(13(11)17-8-7-9-19(2)3)15(22)21(5)16(23)20(14)4/h10H,6-9H2,1-5H3,(H,17,18). The molecular formula is C16H25N5O2. The van der Waals surface area contributed by atoms with Crippen LogP contribution in [0, 0.1) is 0 Å². The van der Waals surface area contributed by atoms with Crippen molar-refractivity contribution in [3.8, 4) is 0 Å². The number of nitrogens with one attached hydrogen (secondary N) is 1. The fourth-order valence-electron chi connectivity index (χ4n) is 2.65. The first-order valence-corrected chi connectivity index (χ1v) is 7.84. The fourth-order valence-corrected chi connectivity index (χ4v) is 2.65. The Balaban J connectivity index is 2.56. The number of fused-ring (bicyclic) bond motifs is 1. The molecule has 0 aliphatic heterocycles. The van der Waals surface area contributed by atoms with Crippen molar-refractivity contribution in [2.75, 3.05) is 32.5 Å². The predicted molar refractivity (Wildman–Crippen MR) is 93.3 cm³/mol. The number of anilines is 1. The molecule has 0 saturated heterocycles. The Morgan fingerprint density at radius 2 is 1.91 bits per heavy atom. The quantitative estimate of drug-likeness (QED) is 0.788. The summed E-state index contributed by atoms with van der Waals surface area (Å²) in [6.07, 6.45) is 3.48. The molecular weight excluding hydrogens is 294 g/mol. The largest absolute Gasteiger partial charge is 0.384 e. The van der Waals surface area contributed by atoms with E-state index in [4.69, 9.17) is 0 Å². The van der Waals surface area contributed by atoms with E-state index in [1.54, 1.807) is 13.2 Å². The second-order valence-electron chi connectivity index (χ2n) is 6.00. The van der Waals surface area contributed by atoms with E-state index in [2.05, 4.69) is 15.2 Å². The van der Waals surface area contributed by atoms with Gasteiger partial charge in [-0.2, -0.15) is 0 Å². The highest BCUT2D eigenvalue weighted by molar-refractivity contribution is 5.90. The molecule has 126 valence electrons. The molecule has 0 fully saturated rings. The van der Waals surface area contributed by atoms with Gasteiger partial charge in [0.15, 0.2) is 5.65 Å². The summed E-state index contributed by atoms with van der Waals surface area (Å²) in [5.41, 5.74) is 1.54. The van der Waals surface area contributed by atoms with Gasteiger partial charge in [0.25, 0.3) is 5.56 Å². The number of aryl methyl sites for hydroxylation is 2. The molecule has 0 saturated carbocycles. The van der Waals surface area contributed by atoms with E-state index in [1.165, 1.54) is 11.6 Å². The molecule has 1 N–H and O–H groups in total. The van der Waals surface area contributed by atoms with Gasteiger partial charge in [0.1, 0.15) is 5.39 Å². The second kappa shape index (κ2) is 6.95. The summed E-state index contributed by atoms with van der Waals surface area (Å²) >= 11 is 0. The van der Waals surface area contributed by atoms with Gasteiger partial charge in [0, 0.05) is 26.8 Å². The third kappa shape index (κ3) is 3.29. The maximum atomic E-state index is 12.6. The van der Waals surface area contributed by atoms with Crippen molar-refractivity contribution in [1.82, 2.24) is 19.0 Å². The zero-order valence-corrected chi connectivity index (χ0v) is 14.5. The van der Waals surface area contributed by atoms with Crippen molar-refractivity contribution in [2.45, 2.75) is 19.8 Å². The van der Waals surface area contributed by atoms with E-state index in [1.807, 2.05) is 21.0 Å². The number of hydrogen-bond acceptors (Lipinski definition) is 5. The van der Waals surface area contributed by atoms with Gasteiger partial charge in [-0.15, -0.1) is 0 Å². The number of nitrogens with zero attached hydrogens (tertiary/aromatic N) is 4. The summed E-state index contributed by atoms with van der Waals surface area (Å²) in [5, 5.41) is 3.87. The van der Waals surface area contributed by atoms with Crippen LogP contribution in [-0.4, -0.2) is 46.2 Å². The lowest BCUT2D eigenvalue weighted by Crippen LogP contribution is -2.37. The van der Waals surface area contributed by atoms with Gasteiger partial charge >= 0.3 is 5.69 Å². The highest BCUT2D eigenvalue weighted by Gasteiger charge is 2.16. The Kier molecular flexibility index (Phi) is 5.20. The topological polar surface area (TPSA) is 72.2 Å². The monoisotopic (exact) mass is 319 g/mol. The smallest absolute Gasteiger partial charge is 0.332 e. The van der Waals surface area contributed by atoms with Crippen LogP contribution in [0.15, 0.2) is 15.8 Å². The van der Waals surface area contributed by atoms with Gasteiger partial charge in [-0.25, -0.2) is 9.78 Å². The van der Waals surface area contributed by atoms with E-state index in [0.29, 0.717) is 11.0 Å². The number of rotatable bonds is 6. The van der Waals surface area contributed by atoms with Gasteiger partial charge in [-0.05, 0) is 39.0 Å². The van der Waals surface area contributed by atoms with E-state index in [-0.39, 0.29) is 11.2 Å². The van der Waals surface area contributed by atoms with Crippen LogP contribution in [0.2, 0.25) is 0 Å². The highest BCUT2D eigenvalue weighted by atomic mass is 16.2. The number of pyridine rings is 1. The third-order valence-corrected chi connectivity index (χ3v) is 4.01. The molecule has 2 rings (SSSR count). The van der Waals surface area contributed by atoms with Crippen LogP contribution < -0.4 is 16.6 Å². The van der Waals surface area contributed by atoms with Crippen LogP contribution in [0.4, 0.5) is 5.69 Å². The Bertz CT molecular complexity index is 820. The normalized spacial score (nSPS) is 11.4. The lowest BCUT2D eigenvalue weighted by atomic mass is 10.1. The summed E-state index contributed by atoms with van der Waals surface area (Å²) in [7, 11) is 7.20. The number of hydrogen-bond donors (Lipinski definition) is 1. The molecule has 7 heteroatoms. The minimum atomic E-state index is -0.363. The van der Waals surface area contributed by atoms with Gasteiger partial charge in [0.2, 0.25) is 0 Å². The minimum absolute atomic E-state index is 0.305. The molecule has 0 aliphatic rings. The average Bonchev–Trinajstić information content (AvgIpc) is 2.53. The minimum Gasteiger partial charge on any atom is -0.384 e. The van der Waals surface area contributed by atoms with Crippen molar-refractivity contribution in [1.29, 1.82) is 0 Å². The molecule has 7 nitrogen and oxygen atoms in total. The van der Waals surface area contributed by atoms with Gasteiger partial charge < -0.3 is 10.2 Å². The van der Waals surface area contributed by atoms with Crippen molar-refractivity contribution < 1.29 is 0 Å². The summed E-state index contributed by atoms with van der Waals surface area (Å²) in [6.45, 7) is 3.75. The lowest BCUT2D eigenvalue weighted by molar-refractivity contribution is 0.405. The van der Waals surface area contributed by atoms with Crippen LogP contribution in [-0.2, 0) is 20.5 Å². The maximum Gasteiger partial charge on any atom is 0.332 e. The molecule has 0 amide bonds. The van der Waals surface area contributed by atoms with Crippen LogP contribution in [0.3, 0.4) is 0 Å². The average molecular weight is 319 g/mol. The summed E-state index contributed by atoms with van der Waals surface area (Å²) in [6, 6.07) is 0. The van der Waals surface area contributed by atoms with Crippen molar-refractivity contribution in [3.63, 3.8) is 0 Å². The summed E-state index contributed by atoms with van der Waals surface area (Å²) < 4.78 is 2.55. The Morgan fingerprint density at radius 3 is 2.52 bits per heavy atom. The second-order valence-corrected chi connectivity index (χ2v) is 6.00. The zero-order chi connectivity index (χ0) is 17.1. The molecule has 2 aromatic rings. The predicted octanol–water partition coefficient (Wildman–Crippen LogP) is 0.558. The Labute approximate surface area is 135 Å². The highest BCUT2D eigenvalue weighted by Crippen LogP contribution is 2.22. The molecule has 0 aliphatic carbocycles. The van der Waals surface area contributed by atoms with E-state index < -0.39 is 0 Å². The van der Waals surface area contributed by atoms with Crippen LogP contribution in [0.5, 0.6) is 0 Å². The molecule has 0 unspecified atom stereocenters. The maximum absolute atomic E-state index is 12.6. The summed E-state index contributed by atoms with van der Waals surface area (Å²) in [4.78, 5) is 31.1. The first-order valence-electron chi connectivity index (χ1n) is 7.84. The molecule has 0 radical (unpaired) electrons. The van der Waals surface area contributed by atoms with Crippen molar-refractivity contribution in [3.05, 3.63) is 32.6 Å². The van der Waals surface area contributed by atoms with E-state index in [0.717, 1.165) is 41.7 Å². The molecule has 0 spiro atoms. The van der Waals surface area contributed by atoms with Gasteiger partial charge in [-0.1, -0.05) is 6.92 Å². The van der Waals surface area contributed by atoms with Gasteiger partial charge in [-0.3, -0.25) is 13.9 Å². The SMILES string of the molecule is CCc1cnc2c(c1NCCCN(C)C)c(=O)n(C)c(=O)n2C. The van der Waals surface area contributed by atoms with Crippen LogP contribution in [0.1, 0.15) is 18.9 Å². The van der Waals surface area contributed by atoms with Crippen LogP contribution in [0.25, 0.3) is 11.0 Å². The fraction of sp³-hybridized carbons (Fsp3) is 0.562. The molecule has 0 bridgehead atoms. The number of aromatic nitrogens is 3. The van der Waals surface area contributed by atoms with E-state index >= 15 is 0 Å².